The highest BCUT2D eigenvalue weighted by Gasteiger charge is 2.22. The summed E-state index contributed by atoms with van der Waals surface area (Å²) in [5.74, 6) is 1.08. The lowest BCUT2D eigenvalue weighted by Gasteiger charge is -2.15. The number of carbonyl (C=O) groups excluding carboxylic acids is 1. The Morgan fingerprint density at radius 3 is 2.70 bits per heavy atom. The van der Waals surface area contributed by atoms with E-state index in [9.17, 15) is 4.79 Å². The van der Waals surface area contributed by atoms with E-state index in [1.165, 1.54) is 17.3 Å². The van der Waals surface area contributed by atoms with Gasteiger partial charge in [-0.1, -0.05) is 48.2 Å². The molecular weight excluding hydrogens is 446 g/mol. The fourth-order valence-corrected chi connectivity index (χ4v) is 4.19. The highest BCUT2D eigenvalue weighted by molar-refractivity contribution is 9.10. The van der Waals surface area contributed by atoms with E-state index in [1.54, 1.807) is 6.08 Å². The van der Waals surface area contributed by atoms with Crippen LogP contribution in [0.1, 0.15) is 23.6 Å². The number of benzene rings is 2. The van der Waals surface area contributed by atoms with Crippen molar-refractivity contribution in [1.29, 1.82) is 0 Å². The van der Waals surface area contributed by atoms with E-state index in [0.717, 1.165) is 15.6 Å². The zero-order valence-corrected chi connectivity index (χ0v) is 18.1. The molecule has 1 fully saturated rings. The Morgan fingerprint density at radius 1 is 1.26 bits per heavy atom. The molecule has 1 N–H and O–H groups in total. The third-order valence-corrected chi connectivity index (χ3v) is 5.66. The smallest absolute Gasteiger partial charge is 0.263 e. The molecule has 0 saturated carbocycles. The molecule has 1 saturated heterocycles. The molecule has 0 spiro atoms. The van der Waals surface area contributed by atoms with Crippen LogP contribution in [0.4, 0.5) is 0 Å². The molecule has 1 aliphatic heterocycles. The first-order valence-corrected chi connectivity index (χ1v) is 10.4. The molecule has 7 heteroatoms. The lowest BCUT2D eigenvalue weighted by molar-refractivity contribution is -0.115. The number of halogens is 1. The summed E-state index contributed by atoms with van der Waals surface area (Å²) in [6, 6.07) is 11.9. The second-order valence-corrected chi connectivity index (χ2v) is 8.40. The molecule has 2 aromatic carbocycles. The molecule has 0 aromatic heterocycles. The number of ether oxygens (including phenoxy) is 2. The van der Waals surface area contributed by atoms with E-state index in [-0.39, 0.29) is 5.91 Å². The van der Waals surface area contributed by atoms with Crippen molar-refractivity contribution in [3.8, 4) is 11.5 Å². The Hall–Kier alpha value is -1.83. The van der Waals surface area contributed by atoms with Gasteiger partial charge in [-0.05, 0) is 64.7 Å². The average molecular weight is 464 g/mol. The van der Waals surface area contributed by atoms with Crippen LogP contribution in [0, 0.1) is 6.92 Å². The number of rotatable bonds is 6. The molecule has 1 amide bonds. The second kappa shape index (κ2) is 8.91. The van der Waals surface area contributed by atoms with Crippen LogP contribution in [0.15, 0.2) is 45.8 Å². The molecule has 0 atom stereocenters. The summed E-state index contributed by atoms with van der Waals surface area (Å²) < 4.78 is 13.1. The van der Waals surface area contributed by atoms with Gasteiger partial charge >= 0.3 is 0 Å². The SMILES string of the molecule is CCOc1cc(/C=C2\SC(=S)NC2=O)cc(Br)c1OCc1ccccc1C. The largest absolute Gasteiger partial charge is 0.490 e. The first kappa shape index (κ1) is 19.9. The summed E-state index contributed by atoms with van der Waals surface area (Å²) in [4.78, 5) is 12.4. The van der Waals surface area contributed by atoms with Gasteiger partial charge in [0, 0.05) is 0 Å². The molecule has 0 aliphatic carbocycles. The fraction of sp³-hybridized carbons (Fsp3) is 0.200. The average Bonchev–Trinajstić information content (AvgIpc) is 2.93. The van der Waals surface area contributed by atoms with Crippen molar-refractivity contribution in [3.05, 3.63) is 62.5 Å². The minimum Gasteiger partial charge on any atom is -0.490 e. The Labute approximate surface area is 176 Å². The summed E-state index contributed by atoms with van der Waals surface area (Å²) >= 11 is 9.85. The number of amides is 1. The van der Waals surface area contributed by atoms with Crippen molar-refractivity contribution < 1.29 is 14.3 Å². The van der Waals surface area contributed by atoms with E-state index in [1.807, 2.05) is 37.3 Å². The van der Waals surface area contributed by atoms with Crippen LogP contribution in [0.2, 0.25) is 0 Å². The number of thioether (sulfide) groups is 1. The monoisotopic (exact) mass is 463 g/mol. The van der Waals surface area contributed by atoms with Crippen molar-refractivity contribution in [2.24, 2.45) is 0 Å². The molecule has 2 aromatic rings. The Bertz CT molecular complexity index is 927. The number of thiocarbonyl (C=S) groups is 1. The highest BCUT2D eigenvalue weighted by Crippen LogP contribution is 2.39. The predicted octanol–water partition coefficient (Wildman–Crippen LogP) is 5.22. The maximum atomic E-state index is 11.9. The zero-order chi connectivity index (χ0) is 19.4. The van der Waals surface area contributed by atoms with Gasteiger partial charge in [-0.2, -0.15) is 0 Å². The highest BCUT2D eigenvalue weighted by atomic mass is 79.9. The molecule has 1 aliphatic rings. The minimum atomic E-state index is -0.182. The molecule has 0 unspecified atom stereocenters. The van der Waals surface area contributed by atoms with Crippen LogP contribution in [-0.2, 0) is 11.4 Å². The lowest BCUT2D eigenvalue weighted by Crippen LogP contribution is -2.17. The second-order valence-electron chi connectivity index (χ2n) is 5.83. The molecular formula is C20H18BrNO3S2. The number of hydrogen-bond donors (Lipinski definition) is 1. The van der Waals surface area contributed by atoms with E-state index < -0.39 is 0 Å². The summed E-state index contributed by atoms with van der Waals surface area (Å²) in [5, 5.41) is 2.62. The van der Waals surface area contributed by atoms with Gasteiger partial charge in [0.05, 0.1) is 16.0 Å². The van der Waals surface area contributed by atoms with E-state index in [2.05, 4.69) is 34.2 Å². The molecule has 1 heterocycles. The topological polar surface area (TPSA) is 47.6 Å². The first-order chi connectivity index (χ1) is 13.0. The number of aryl methyl sites for hydroxylation is 1. The van der Waals surface area contributed by atoms with Gasteiger partial charge in [-0.15, -0.1) is 0 Å². The molecule has 0 bridgehead atoms. The maximum absolute atomic E-state index is 11.9. The van der Waals surface area contributed by atoms with Crippen LogP contribution in [-0.4, -0.2) is 16.8 Å². The zero-order valence-electron chi connectivity index (χ0n) is 14.9. The summed E-state index contributed by atoms with van der Waals surface area (Å²) in [7, 11) is 0. The fourth-order valence-electron chi connectivity index (χ4n) is 2.57. The predicted molar refractivity (Wildman–Crippen MR) is 117 cm³/mol. The molecule has 3 rings (SSSR count). The lowest BCUT2D eigenvalue weighted by atomic mass is 10.1. The maximum Gasteiger partial charge on any atom is 0.263 e. The van der Waals surface area contributed by atoms with Crippen LogP contribution >= 0.6 is 39.9 Å². The van der Waals surface area contributed by atoms with Gasteiger partial charge in [0.15, 0.2) is 11.5 Å². The number of nitrogens with one attached hydrogen (secondary N) is 1. The summed E-state index contributed by atoms with van der Waals surface area (Å²) in [5.41, 5.74) is 3.12. The van der Waals surface area contributed by atoms with Crippen molar-refractivity contribution in [1.82, 2.24) is 5.32 Å². The van der Waals surface area contributed by atoms with E-state index in [0.29, 0.717) is 33.9 Å². The number of carbonyl (C=O) groups is 1. The van der Waals surface area contributed by atoms with Crippen molar-refractivity contribution in [2.75, 3.05) is 6.61 Å². The van der Waals surface area contributed by atoms with Gasteiger partial charge in [0.25, 0.3) is 5.91 Å². The van der Waals surface area contributed by atoms with Gasteiger partial charge in [-0.25, -0.2) is 0 Å². The molecule has 140 valence electrons. The standard InChI is InChI=1S/C20H18BrNO3S2/c1-3-24-16-9-13(10-17-19(23)22-20(26)27-17)8-15(21)18(16)25-11-14-7-5-4-6-12(14)2/h4-10H,3,11H2,1-2H3,(H,22,23,26)/b17-10-. The van der Waals surface area contributed by atoms with Crippen molar-refractivity contribution in [2.45, 2.75) is 20.5 Å². The quantitative estimate of drug-likeness (QED) is 0.469. The van der Waals surface area contributed by atoms with Gasteiger partial charge < -0.3 is 14.8 Å². The van der Waals surface area contributed by atoms with Crippen LogP contribution in [0.5, 0.6) is 11.5 Å². The summed E-state index contributed by atoms with van der Waals surface area (Å²) in [6.07, 6.45) is 1.79. The van der Waals surface area contributed by atoms with E-state index in [4.69, 9.17) is 21.7 Å². The Balaban J connectivity index is 1.88. The molecule has 27 heavy (non-hydrogen) atoms. The third kappa shape index (κ3) is 4.91. The first-order valence-electron chi connectivity index (χ1n) is 8.36. The normalized spacial score (nSPS) is 15.1. The van der Waals surface area contributed by atoms with Crippen molar-refractivity contribution in [3.63, 3.8) is 0 Å². The number of hydrogen-bond acceptors (Lipinski definition) is 5. The van der Waals surface area contributed by atoms with Gasteiger partial charge in [-0.3, -0.25) is 4.79 Å². The van der Waals surface area contributed by atoms with Crippen LogP contribution in [0.3, 0.4) is 0 Å². The Kier molecular flexibility index (Phi) is 6.57. The third-order valence-electron chi connectivity index (χ3n) is 3.90. The minimum absolute atomic E-state index is 0.182. The van der Waals surface area contributed by atoms with E-state index >= 15 is 0 Å². The van der Waals surface area contributed by atoms with Gasteiger partial charge in [0.1, 0.15) is 10.9 Å². The summed E-state index contributed by atoms with van der Waals surface area (Å²) in [6.45, 7) is 4.93. The van der Waals surface area contributed by atoms with Gasteiger partial charge in [0.2, 0.25) is 0 Å². The van der Waals surface area contributed by atoms with Crippen LogP contribution < -0.4 is 14.8 Å². The Morgan fingerprint density at radius 2 is 2.04 bits per heavy atom. The molecule has 0 radical (unpaired) electrons. The van der Waals surface area contributed by atoms with Crippen molar-refractivity contribution >= 4 is 56.2 Å². The molecule has 4 nitrogen and oxygen atoms in total. The van der Waals surface area contributed by atoms with Crippen LogP contribution in [0.25, 0.3) is 6.08 Å².